The fourth-order valence-corrected chi connectivity index (χ4v) is 2.47. The molecular formula is C14H20N4O8. The summed E-state index contributed by atoms with van der Waals surface area (Å²) in [5.41, 5.74) is 3.85. The summed E-state index contributed by atoms with van der Waals surface area (Å²) in [6, 6.07) is -0.0997. The van der Waals surface area contributed by atoms with Gasteiger partial charge in [-0.15, -0.1) is 0 Å². The molecule has 0 radical (unpaired) electrons. The lowest BCUT2D eigenvalue weighted by Gasteiger charge is -2.16. The highest BCUT2D eigenvalue weighted by atomic mass is 16.6. The molecule has 0 unspecified atom stereocenters. The van der Waals surface area contributed by atoms with E-state index in [-0.39, 0.29) is 19.4 Å². The van der Waals surface area contributed by atoms with Gasteiger partial charge in [-0.25, -0.2) is 4.79 Å². The van der Waals surface area contributed by atoms with Crippen LogP contribution in [0.25, 0.3) is 0 Å². The van der Waals surface area contributed by atoms with E-state index in [1.807, 2.05) is 4.98 Å². The summed E-state index contributed by atoms with van der Waals surface area (Å²) in [6.45, 7) is -0.173. The van der Waals surface area contributed by atoms with Crippen molar-refractivity contribution in [1.82, 2.24) is 14.9 Å². The molecule has 7 N–H and O–H groups in total. The molecule has 12 nitrogen and oxygen atoms in total. The van der Waals surface area contributed by atoms with Crippen LogP contribution in [0.15, 0.2) is 21.9 Å². The predicted molar refractivity (Wildman–Crippen MR) is 85.1 cm³/mol. The molecule has 1 aliphatic heterocycles. The van der Waals surface area contributed by atoms with E-state index in [2.05, 4.69) is 5.32 Å². The molecule has 144 valence electrons. The molecule has 26 heavy (non-hydrogen) atoms. The summed E-state index contributed by atoms with van der Waals surface area (Å²) >= 11 is 0. The molecule has 0 aliphatic carbocycles. The third kappa shape index (κ3) is 4.54. The molecule has 5 atom stereocenters. The number of aliphatic hydroxyl groups excluding tert-OH is 2. The van der Waals surface area contributed by atoms with Crippen LogP contribution in [0.3, 0.4) is 0 Å². The monoisotopic (exact) mass is 372 g/mol. The number of nitrogens with two attached hydrogens (primary N) is 1. The number of hydrogen-bond donors (Lipinski definition) is 6. The maximum atomic E-state index is 11.8. The molecule has 2 rings (SSSR count). The van der Waals surface area contributed by atoms with E-state index in [1.54, 1.807) is 0 Å². The van der Waals surface area contributed by atoms with Gasteiger partial charge in [0.15, 0.2) is 6.23 Å². The normalized spacial score (nSPS) is 26.4. The first-order chi connectivity index (χ1) is 12.2. The van der Waals surface area contributed by atoms with Crippen molar-refractivity contribution in [2.75, 3.05) is 6.54 Å². The molecule has 1 amide bonds. The fourth-order valence-electron chi connectivity index (χ4n) is 2.47. The lowest BCUT2D eigenvalue weighted by molar-refractivity contribution is -0.138. The molecular weight excluding hydrogens is 352 g/mol. The molecule has 0 bridgehead atoms. The minimum absolute atomic E-state index is 0.0622. The highest BCUT2D eigenvalue weighted by molar-refractivity contribution is 5.78. The maximum absolute atomic E-state index is 11.8. The highest BCUT2D eigenvalue weighted by Crippen LogP contribution is 2.27. The molecule has 1 aromatic heterocycles. The largest absolute Gasteiger partial charge is 0.480 e. The van der Waals surface area contributed by atoms with Gasteiger partial charge in [0, 0.05) is 25.2 Å². The number of H-pyrrole nitrogens is 1. The number of aromatic amines is 1. The Labute approximate surface area is 146 Å². The van der Waals surface area contributed by atoms with Crippen LogP contribution in [-0.4, -0.2) is 67.6 Å². The van der Waals surface area contributed by atoms with E-state index in [0.29, 0.717) is 0 Å². The zero-order valence-corrected chi connectivity index (χ0v) is 13.6. The molecule has 0 aromatic carbocycles. The van der Waals surface area contributed by atoms with Crippen molar-refractivity contribution in [1.29, 1.82) is 0 Å². The molecule has 2 heterocycles. The lowest BCUT2D eigenvalue weighted by Crippen LogP contribution is -2.40. The van der Waals surface area contributed by atoms with Gasteiger partial charge in [-0.1, -0.05) is 0 Å². The second kappa shape index (κ2) is 8.23. The van der Waals surface area contributed by atoms with Crippen LogP contribution in [0, 0.1) is 0 Å². The Hall–Kier alpha value is -2.54. The number of ether oxygens (including phenoxy) is 1. The fraction of sp³-hybridized carbons (Fsp3) is 0.571. The average molecular weight is 372 g/mol. The van der Waals surface area contributed by atoms with Gasteiger partial charge in [0.2, 0.25) is 5.91 Å². The molecule has 1 saturated heterocycles. The van der Waals surface area contributed by atoms with Crippen molar-refractivity contribution in [3.63, 3.8) is 0 Å². The summed E-state index contributed by atoms with van der Waals surface area (Å²) < 4.78 is 6.33. The van der Waals surface area contributed by atoms with Crippen LogP contribution in [0.5, 0.6) is 0 Å². The van der Waals surface area contributed by atoms with Crippen LogP contribution in [-0.2, 0) is 14.3 Å². The van der Waals surface area contributed by atoms with Crippen LogP contribution >= 0.6 is 0 Å². The van der Waals surface area contributed by atoms with Crippen molar-refractivity contribution >= 4 is 11.9 Å². The summed E-state index contributed by atoms with van der Waals surface area (Å²) in [7, 11) is 0. The molecule has 0 saturated carbocycles. The number of carboxylic acid groups (broad SMARTS) is 1. The van der Waals surface area contributed by atoms with Crippen molar-refractivity contribution in [2.45, 2.75) is 43.4 Å². The zero-order chi connectivity index (χ0) is 19.4. The minimum Gasteiger partial charge on any atom is -0.480 e. The van der Waals surface area contributed by atoms with Crippen LogP contribution in [0.1, 0.15) is 19.1 Å². The Morgan fingerprint density at radius 1 is 1.35 bits per heavy atom. The van der Waals surface area contributed by atoms with Crippen molar-refractivity contribution in [3.8, 4) is 0 Å². The first kappa shape index (κ1) is 19.8. The Bertz CT molecular complexity index is 775. The smallest absolute Gasteiger partial charge is 0.330 e. The van der Waals surface area contributed by atoms with Crippen LogP contribution in [0.4, 0.5) is 0 Å². The summed E-state index contributed by atoms with van der Waals surface area (Å²) in [6.07, 6.45) is -4.17. The van der Waals surface area contributed by atoms with Gasteiger partial charge in [-0.3, -0.25) is 23.9 Å². The average Bonchev–Trinajstić information content (AvgIpc) is 2.86. The van der Waals surface area contributed by atoms with E-state index in [4.69, 9.17) is 15.6 Å². The second-order valence-electron chi connectivity index (χ2n) is 5.85. The number of carbonyl (C=O) groups is 2. The van der Waals surface area contributed by atoms with Gasteiger partial charge in [0.1, 0.15) is 24.4 Å². The first-order valence-corrected chi connectivity index (χ1v) is 7.79. The predicted octanol–water partition coefficient (Wildman–Crippen LogP) is -3.54. The van der Waals surface area contributed by atoms with Gasteiger partial charge in [0.25, 0.3) is 5.56 Å². The summed E-state index contributed by atoms with van der Waals surface area (Å²) in [4.78, 5) is 47.1. The van der Waals surface area contributed by atoms with Gasteiger partial charge >= 0.3 is 11.7 Å². The summed E-state index contributed by atoms with van der Waals surface area (Å²) in [5, 5.41) is 31.2. The van der Waals surface area contributed by atoms with Gasteiger partial charge in [0.05, 0.1) is 0 Å². The standard InChI is InChI=1S/C14H20N4O8/c15-6(13(23)24)1-2-8(19)16-5-7-10(21)11(22)12(26-7)18-4-3-9(20)17-14(18)25/h3-4,6-7,10-12,21-22H,1-2,5,15H2,(H,16,19)(H,23,24)(H,17,20,25)/t6-,7+,10+,11+,12+/m0/s1. The van der Waals surface area contributed by atoms with E-state index < -0.39 is 53.7 Å². The first-order valence-electron chi connectivity index (χ1n) is 7.79. The molecule has 1 aliphatic rings. The molecule has 1 aromatic rings. The van der Waals surface area contributed by atoms with E-state index in [9.17, 15) is 29.4 Å². The SMILES string of the molecule is N[C@@H](CCC(=O)NC[C@H]1O[C@@H](n2ccc(=O)[nH]c2=O)[C@H](O)[C@@H]1O)C(=O)O. The van der Waals surface area contributed by atoms with Gasteiger partial charge in [-0.2, -0.15) is 0 Å². The van der Waals surface area contributed by atoms with Crippen molar-refractivity contribution < 1.29 is 29.6 Å². The number of aliphatic carboxylic acids is 1. The van der Waals surface area contributed by atoms with Crippen LogP contribution in [0.2, 0.25) is 0 Å². The third-order valence-corrected chi connectivity index (χ3v) is 3.96. The number of aliphatic hydroxyl groups is 2. The number of nitrogens with one attached hydrogen (secondary N) is 2. The van der Waals surface area contributed by atoms with Gasteiger partial charge in [-0.05, 0) is 6.42 Å². The second-order valence-corrected chi connectivity index (χ2v) is 5.85. The highest BCUT2D eigenvalue weighted by Gasteiger charge is 2.44. The minimum atomic E-state index is -1.46. The Balaban J connectivity index is 1.93. The maximum Gasteiger partial charge on any atom is 0.330 e. The lowest BCUT2D eigenvalue weighted by atomic mass is 10.1. The molecule has 0 spiro atoms. The van der Waals surface area contributed by atoms with Crippen LogP contribution < -0.4 is 22.3 Å². The van der Waals surface area contributed by atoms with Crippen molar-refractivity contribution in [2.24, 2.45) is 5.73 Å². The number of hydrogen-bond acceptors (Lipinski definition) is 8. The molecule has 12 heteroatoms. The Morgan fingerprint density at radius 3 is 2.65 bits per heavy atom. The zero-order valence-electron chi connectivity index (χ0n) is 13.6. The Morgan fingerprint density at radius 2 is 2.04 bits per heavy atom. The number of carboxylic acids is 1. The van der Waals surface area contributed by atoms with E-state index >= 15 is 0 Å². The number of amides is 1. The molecule has 1 fully saturated rings. The van der Waals surface area contributed by atoms with E-state index in [0.717, 1.165) is 16.8 Å². The third-order valence-electron chi connectivity index (χ3n) is 3.96. The van der Waals surface area contributed by atoms with Crippen molar-refractivity contribution in [3.05, 3.63) is 33.1 Å². The number of aromatic nitrogens is 2. The number of nitrogens with zero attached hydrogens (tertiary/aromatic N) is 1. The topological polar surface area (TPSA) is 197 Å². The Kier molecular flexibility index (Phi) is 6.26. The quantitative estimate of drug-likeness (QED) is 0.281. The number of rotatable bonds is 7. The van der Waals surface area contributed by atoms with Gasteiger partial charge < -0.3 is 31.1 Å². The summed E-state index contributed by atoms with van der Waals surface area (Å²) in [5.74, 6) is -1.72. The van der Waals surface area contributed by atoms with E-state index in [1.165, 1.54) is 0 Å². The number of carbonyl (C=O) groups excluding carboxylic acids is 1.